The Morgan fingerprint density at radius 1 is 1.12 bits per heavy atom. The molecule has 0 radical (unpaired) electrons. The number of benzene rings is 2. The van der Waals surface area contributed by atoms with Gasteiger partial charge in [0.25, 0.3) is 0 Å². The molecule has 2 N–H and O–H groups in total. The molecule has 2 aromatic carbocycles. The highest BCUT2D eigenvalue weighted by atomic mass is 32.2. The van der Waals surface area contributed by atoms with Gasteiger partial charge in [-0.15, -0.1) is 0 Å². The monoisotopic (exact) mass is 375 g/mol. The number of carboxylic acids is 1. The molecular formula is C15H12F3NO5S. The van der Waals surface area contributed by atoms with Crippen LogP contribution in [0.4, 0.5) is 13.2 Å². The molecule has 0 fully saturated rings. The van der Waals surface area contributed by atoms with Gasteiger partial charge in [0.2, 0.25) is 10.0 Å². The summed E-state index contributed by atoms with van der Waals surface area (Å²) < 4.78 is 68.3. The van der Waals surface area contributed by atoms with E-state index in [0.29, 0.717) is 0 Å². The van der Waals surface area contributed by atoms with Gasteiger partial charge in [0, 0.05) is 0 Å². The van der Waals surface area contributed by atoms with Gasteiger partial charge in [0.1, 0.15) is 17.1 Å². The molecule has 2 rings (SSSR count). The average molecular weight is 375 g/mol. The van der Waals surface area contributed by atoms with Crippen molar-refractivity contribution in [2.24, 2.45) is 0 Å². The van der Waals surface area contributed by atoms with Crippen LogP contribution >= 0.6 is 0 Å². The zero-order chi connectivity index (χ0) is 18.8. The van der Waals surface area contributed by atoms with Crippen LogP contribution in [0, 0.1) is 0 Å². The van der Waals surface area contributed by atoms with Crippen molar-refractivity contribution in [2.45, 2.75) is 11.1 Å². The molecule has 0 atom stereocenters. The van der Waals surface area contributed by atoms with Crippen molar-refractivity contribution in [3.8, 4) is 11.5 Å². The van der Waals surface area contributed by atoms with Crippen LogP contribution in [0.5, 0.6) is 11.5 Å². The van der Waals surface area contributed by atoms with Gasteiger partial charge in [0.15, 0.2) is 0 Å². The fourth-order valence-electron chi connectivity index (χ4n) is 1.89. The lowest BCUT2D eigenvalue weighted by atomic mass is 10.2. The normalized spacial score (nSPS) is 12.0. The smallest absolute Gasteiger partial charge is 0.416 e. The van der Waals surface area contributed by atoms with Gasteiger partial charge in [-0.2, -0.15) is 13.2 Å². The number of alkyl halides is 3. The van der Waals surface area contributed by atoms with Gasteiger partial charge in [-0.05, 0) is 49.5 Å². The Hall–Kier alpha value is -2.59. The SMILES string of the molecule is CNS(=O)(=O)c1ccc(Oc2ccc(C(F)(F)F)cc2)c(C(=O)O)c1. The molecule has 6 nitrogen and oxygen atoms in total. The van der Waals surface area contributed by atoms with Gasteiger partial charge in [0.05, 0.1) is 10.5 Å². The number of hydrogen-bond donors (Lipinski definition) is 2. The van der Waals surface area contributed by atoms with E-state index in [1.807, 2.05) is 4.72 Å². The number of sulfonamides is 1. The molecule has 0 bridgehead atoms. The topological polar surface area (TPSA) is 92.7 Å². The van der Waals surface area contributed by atoms with E-state index in [-0.39, 0.29) is 16.4 Å². The molecule has 0 heterocycles. The Bertz CT molecular complexity index is 892. The summed E-state index contributed by atoms with van der Waals surface area (Å²) in [6.45, 7) is 0. The quantitative estimate of drug-likeness (QED) is 0.838. The van der Waals surface area contributed by atoms with Gasteiger partial charge >= 0.3 is 12.1 Å². The second-order valence-electron chi connectivity index (χ2n) is 4.79. The molecular weight excluding hydrogens is 363 g/mol. The van der Waals surface area contributed by atoms with E-state index in [9.17, 15) is 31.5 Å². The maximum Gasteiger partial charge on any atom is 0.416 e. The van der Waals surface area contributed by atoms with Gasteiger partial charge in [-0.3, -0.25) is 0 Å². The fourth-order valence-corrected chi connectivity index (χ4v) is 2.65. The van der Waals surface area contributed by atoms with E-state index in [1.165, 1.54) is 7.05 Å². The Kier molecular flexibility index (Phi) is 5.04. The third kappa shape index (κ3) is 4.28. The molecule has 10 heteroatoms. The molecule has 0 saturated heterocycles. The predicted molar refractivity (Wildman–Crippen MR) is 81.2 cm³/mol. The summed E-state index contributed by atoms with van der Waals surface area (Å²) in [5, 5.41) is 9.21. The minimum atomic E-state index is -4.51. The van der Waals surface area contributed by atoms with Crippen LogP contribution in [0.25, 0.3) is 0 Å². The maximum absolute atomic E-state index is 12.5. The van der Waals surface area contributed by atoms with Crippen molar-refractivity contribution in [3.05, 3.63) is 53.6 Å². The molecule has 0 amide bonds. The van der Waals surface area contributed by atoms with E-state index in [0.717, 1.165) is 42.5 Å². The lowest BCUT2D eigenvalue weighted by molar-refractivity contribution is -0.137. The lowest BCUT2D eigenvalue weighted by Crippen LogP contribution is -2.19. The summed E-state index contributed by atoms with van der Waals surface area (Å²) in [6, 6.07) is 6.78. The first-order chi connectivity index (χ1) is 11.5. The van der Waals surface area contributed by atoms with Crippen molar-refractivity contribution >= 4 is 16.0 Å². The number of carbonyl (C=O) groups is 1. The molecule has 0 aliphatic carbocycles. The highest BCUT2D eigenvalue weighted by molar-refractivity contribution is 7.89. The first kappa shape index (κ1) is 18.7. The summed E-state index contributed by atoms with van der Waals surface area (Å²) in [5.41, 5.74) is -1.33. The number of hydrogen-bond acceptors (Lipinski definition) is 4. The number of nitrogens with one attached hydrogen (secondary N) is 1. The van der Waals surface area contributed by atoms with Crippen molar-refractivity contribution in [1.82, 2.24) is 4.72 Å². The van der Waals surface area contributed by atoms with Crippen LogP contribution in [0.15, 0.2) is 47.4 Å². The summed E-state index contributed by atoms with van der Waals surface area (Å²) >= 11 is 0. The van der Waals surface area contributed by atoms with Crippen LogP contribution in [0.2, 0.25) is 0 Å². The first-order valence-corrected chi connectivity index (χ1v) is 8.19. The summed E-state index contributed by atoms with van der Waals surface area (Å²) in [7, 11) is -2.69. The fraction of sp³-hybridized carbons (Fsp3) is 0.133. The van der Waals surface area contributed by atoms with Gasteiger partial charge in [-0.25, -0.2) is 17.9 Å². The summed E-state index contributed by atoms with van der Waals surface area (Å²) in [4.78, 5) is 11.0. The van der Waals surface area contributed by atoms with E-state index < -0.39 is 33.3 Å². The standard InChI is InChI=1S/C15H12F3NO5S/c1-19-25(22,23)11-6-7-13(12(8-11)14(20)21)24-10-4-2-9(3-5-10)15(16,17)18/h2-8,19H,1H3,(H,20,21). The minimum absolute atomic E-state index is 0.0280. The highest BCUT2D eigenvalue weighted by Gasteiger charge is 2.30. The molecule has 0 saturated carbocycles. The largest absolute Gasteiger partial charge is 0.478 e. The van der Waals surface area contributed by atoms with Crippen molar-refractivity contribution in [3.63, 3.8) is 0 Å². The zero-order valence-corrected chi connectivity index (χ0v) is 13.5. The minimum Gasteiger partial charge on any atom is -0.478 e. The van der Waals surface area contributed by atoms with Crippen molar-refractivity contribution < 1.29 is 36.2 Å². The molecule has 0 aromatic heterocycles. The lowest BCUT2D eigenvalue weighted by Gasteiger charge is -2.12. The van der Waals surface area contributed by atoms with Crippen LogP contribution < -0.4 is 9.46 Å². The van der Waals surface area contributed by atoms with Crippen LogP contribution in [-0.2, 0) is 16.2 Å². The molecule has 0 unspecified atom stereocenters. The average Bonchev–Trinajstić information content (AvgIpc) is 2.54. The van der Waals surface area contributed by atoms with Gasteiger partial charge < -0.3 is 9.84 Å². The molecule has 25 heavy (non-hydrogen) atoms. The third-order valence-electron chi connectivity index (χ3n) is 3.17. The predicted octanol–water partition coefficient (Wildman–Crippen LogP) is 3.10. The Morgan fingerprint density at radius 2 is 1.72 bits per heavy atom. The molecule has 0 aliphatic rings. The second-order valence-corrected chi connectivity index (χ2v) is 6.68. The number of rotatable bonds is 5. The highest BCUT2D eigenvalue weighted by Crippen LogP contribution is 2.32. The maximum atomic E-state index is 12.5. The number of ether oxygens (including phenoxy) is 1. The van der Waals surface area contributed by atoms with E-state index in [1.54, 1.807) is 0 Å². The molecule has 0 aliphatic heterocycles. The first-order valence-electron chi connectivity index (χ1n) is 6.70. The van der Waals surface area contributed by atoms with Crippen LogP contribution in [0.3, 0.4) is 0 Å². The van der Waals surface area contributed by atoms with E-state index in [2.05, 4.69) is 0 Å². The van der Waals surface area contributed by atoms with Crippen molar-refractivity contribution in [2.75, 3.05) is 7.05 Å². The van der Waals surface area contributed by atoms with E-state index >= 15 is 0 Å². The molecule has 134 valence electrons. The zero-order valence-electron chi connectivity index (χ0n) is 12.7. The number of carboxylic acid groups (broad SMARTS) is 1. The number of aromatic carboxylic acids is 1. The molecule has 0 spiro atoms. The summed E-state index contributed by atoms with van der Waals surface area (Å²) in [5.74, 6) is -1.68. The number of halogens is 3. The van der Waals surface area contributed by atoms with Gasteiger partial charge in [-0.1, -0.05) is 0 Å². The van der Waals surface area contributed by atoms with Crippen LogP contribution in [0.1, 0.15) is 15.9 Å². The van der Waals surface area contributed by atoms with Crippen molar-refractivity contribution in [1.29, 1.82) is 0 Å². The molecule has 2 aromatic rings. The Labute approximate surface area is 140 Å². The van der Waals surface area contributed by atoms with Crippen LogP contribution in [-0.4, -0.2) is 26.5 Å². The summed E-state index contributed by atoms with van der Waals surface area (Å²) in [6.07, 6.45) is -4.51. The Balaban J connectivity index is 2.38. The van der Waals surface area contributed by atoms with E-state index in [4.69, 9.17) is 4.74 Å². The second kappa shape index (κ2) is 6.73. The third-order valence-corrected chi connectivity index (χ3v) is 4.58. The Morgan fingerprint density at radius 3 is 2.20 bits per heavy atom.